The molecule has 0 radical (unpaired) electrons. The smallest absolute Gasteiger partial charge is 0.144 e. The molecule has 0 aliphatic carbocycles. The molecule has 5 nitrogen and oxygen atoms in total. The molecule has 2 heterocycles. The van der Waals surface area contributed by atoms with Gasteiger partial charge in [0.2, 0.25) is 0 Å². The molecule has 1 saturated heterocycles. The highest BCUT2D eigenvalue weighted by atomic mass is 32.2. The number of rotatable bonds is 3. The topological polar surface area (TPSA) is 51.4 Å². The Morgan fingerprint density at radius 2 is 1.50 bits per heavy atom. The van der Waals surface area contributed by atoms with Crippen LogP contribution < -0.4 is 21.5 Å². The monoisotopic (exact) mass is 395 g/mol. The number of nitrogens with one attached hydrogen (secondary N) is 4. The summed E-state index contributed by atoms with van der Waals surface area (Å²) in [6.45, 7) is 4.81. The van der Waals surface area contributed by atoms with Gasteiger partial charge in [0.05, 0.1) is 0 Å². The quantitative estimate of drug-likeness (QED) is 0.640. The fourth-order valence-corrected chi connectivity index (χ4v) is 4.67. The Morgan fingerprint density at radius 3 is 2.21 bits per heavy atom. The first-order chi connectivity index (χ1) is 13.9. The lowest BCUT2D eigenvalue weighted by Crippen LogP contribution is -2.56. The summed E-state index contributed by atoms with van der Waals surface area (Å²) < 4.78 is 0. The van der Waals surface area contributed by atoms with Crippen LogP contribution >= 0.6 is 11.8 Å². The van der Waals surface area contributed by atoms with Gasteiger partial charge < -0.3 is 15.5 Å². The molecule has 0 amide bonds. The van der Waals surface area contributed by atoms with Gasteiger partial charge in [-0.3, -0.25) is 0 Å². The minimum atomic E-state index is 0.215. The van der Waals surface area contributed by atoms with E-state index in [1.54, 1.807) is 11.8 Å². The first kappa shape index (κ1) is 19.5. The van der Waals surface area contributed by atoms with E-state index in [1.165, 1.54) is 11.1 Å². The number of nitrogens with zero attached hydrogens (tertiary/aromatic N) is 1. The average Bonchev–Trinajstić information content (AvgIpc) is 3.18. The second kappa shape index (κ2) is 10.1. The minimum absolute atomic E-state index is 0.215. The van der Waals surface area contributed by atoms with Crippen LogP contribution in [0.2, 0.25) is 0 Å². The number of hydrazine groups is 1. The molecule has 6 heteroatoms. The van der Waals surface area contributed by atoms with Crippen molar-refractivity contribution < 1.29 is 0 Å². The standard InChI is InChI=1S/C22H29N5S/c1-3-7-18(8-4-1)21(19-9-5-2-6-10-19)20-17-24-12-11-23-13-14-27-15-16-28-22(27)26-25-20/h1-10,15-16,20-26H,11-14,17H2. The van der Waals surface area contributed by atoms with Gasteiger partial charge in [-0.05, 0) is 16.5 Å². The Kier molecular flexibility index (Phi) is 7.02. The lowest BCUT2D eigenvalue weighted by atomic mass is 9.85. The molecule has 2 aliphatic rings. The number of fused-ring (bicyclic) bond motifs is 1. The van der Waals surface area contributed by atoms with Crippen LogP contribution in [0, 0.1) is 0 Å². The molecule has 0 spiro atoms. The van der Waals surface area contributed by atoms with Gasteiger partial charge in [0.15, 0.2) is 0 Å². The zero-order valence-corrected chi connectivity index (χ0v) is 16.9. The Hall–Kier alpha value is -1.83. The summed E-state index contributed by atoms with van der Waals surface area (Å²) in [4.78, 5) is 2.34. The molecular weight excluding hydrogens is 366 g/mol. The highest BCUT2D eigenvalue weighted by Crippen LogP contribution is 2.28. The van der Waals surface area contributed by atoms with Crippen LogP contribution in [0.15, 0.2) is 72.3 Å². The fourth-order valence-electron chi connectivity index (χ4n) is 3.83. The molecule has 0 bridgehead atoms. The van der Waals surface area contributed by atoms with Crippen LogP contribution in [-0.4, -0.2) is 49.2 Å². The van der Waals surface area contributed by atoms with Gasteiger partial charge in [-0.1, -0.05) is 72.4 Å². The van der Waals surface area contributed by atoms with Crippen molar-refractivity contribution in [1.82, 2.24) is 26.4 Å². The van der Waals surface area contributed by atoms with Gasteiger partial charge in [0, 0.05) is 50.9 Å². The van der Waals surface area contributed by atoms with Crippen molar-refractivity contribution in [3.05, 3.63) is 83.4 Å². The first-order valence-electron chi connectivity index (χ1n) is 10.0. The van der Waals surface area contributed by atoms with E-state index in [-0.39, 0.29) is 17.5 Å². The van der Waals surface area contributed by atoms with Crippen molar-refractivity contribution in [3.8, 4) is 0 Å². The van der Waals surface area contributed by atoms with E-state index in [0.717, 1.165) is 32.7 Å². The van der Waals surface area contributed by atoms with Gasteiger partial charge in [0.1, 0.15) is 5.50 Å². The highest BCUT2D eigenvalue weighted by Gasteiger charge is 2.27. The van der Waals surface area contributed by atoms with E-state index >= 15 is 0 Å². The molecule has 2 atom stereocenters. The van der Waals surface area contributed by atoms with E-state index in [1.807, 2.05) is 0 Å². The molecule has 148 valence electrons. The van der Waals surface area contributed by atoms with Crippen molar-refractivity contribution in [2.45, 2.75) is 17.5 Å². The summed E-state index contributed by atoms with van der Waals surface area (Å²) in [5.74, 6) is 0.256. The predicted molar refractivity (Wildman–Crippen MR) is 118 cm³/mol. The van der Waals surface area contributed by atoms with Gasteiger partial charge in [-0.2, -0.15) is 0 Å². The van der Waals surface area contributed by atoms with Gasteiger partial charge in [-0.25, -0.2) is 10.9 Å². The van der Waals surface area contributed by atoms with Gasteiger partial charge in [-0.15, -0.1) is 0 Å². The predicted octanol–water partition coefficient (Wildman–Crippen LogP) is 2.28. The van der Waals surface area contributed by atoms with Gasteiger partial charge >= 0.3 is 0 Å². The summed E-state index contributed by atoms with van der Waals surface area (Å²) in [6, 6.07) is 21.8. The third-order valence-corrected chi connectivity index (χ3v) is 6.19. The van der Waals surface area contributed by atoms with E-state index in [4.69, 9.17) is 0 Å². The van der Waals surface area contributed by atoms with Crippen molar-refractivity contribution in [2.24, 2.45) is 0 Å². The number of hydrogen-bond acceptors (Lipinski definition) is 6. The summed E-state index contributed by atoms with van der Waals surface area (Å²) >= 11 is 1.81. The Balaban J connectivity index is 1.58. The second-order valence-corrected chi connectivity index (χ2v) is 8.15. The van der Waals surface area contributed by atoms with Crippen LogP contribution in [0.1, 0.15) is 17.0 Å². The first-order valence-corrected chi connectivity index (χ1v) is 11.0. The molecule has 4 rings (SSSR count). The molecule has 4 N–H and O–H groups in total. The molecule has 1 fully saturated rings. The molecule has 2 unspecified atom stereocenters. The lowest BCUT2D eigenvalue weighted by Gasteiger charge is -2.33. The average molecular weight is 396 g/mol. The fraction of sp³-hybridized carbons (Fsp3) is 0.364. The van der Waals surface area contributed by atoms with E-state index in [0.29, 0.717) is 0 Å². The Labute approximate surface area is 171 Å². The molecule has 2 aromatic carbocycles. The van der Waals surface area contributed by atoms with Gasteiger partial charge in [0.25, 0.3) is 0 Å². The van der Waals surface area contributed by atoms with E-state index < -0.39 is 0 Å². The van der Waals surface area contributed by atoms with Crippen LogP contribution in [0.4, 0.5) is 0 Å². The molecule has 0 saturated carbocycles. The minimum Gasteiger partial charge on any atom is -0.351 e. The van der Waals surface area contributed by atoms with Crippen LogP contribution in [0.3, 0.4) is 0 Å². The lowest BCUT2D eigenvalue weighted by molar-refractivity contribution is 0.261. The molecule has 0 aromatic heterocycles. The van der Waals surface area contributed by atoms with Crippen molar-refractivity contribution >= 4 is 11.8 Å². The van der Waals surface area contributed by atoms with E-state index in [2.05, 4.69) is 98.7 Å². The number of benzene rings is 2. The second-order valence-electron chi connectivity index (χ2n) is 7.16. The molecule has 2 aromatic rings. The summed E-state index contributed by atoms with van der Waals surface area (Å²) in [5, 5.41) is 9.32. The maximum atomic E-state index is 3.67. The van der Waals surface area contributed by atoms with Crippen molar-refractivity contribution in [1.29, 1.82) is 0 Å². The molecular formula is C22H29N5S. The normalized spacial score (nSPS) is 23.8. The Bertz CT molecular complexity index is 700. The van der Waals surface area contributed by atoms with E-state index in [9.17, 15) is 0 Å². The summed E-state index contributed by atoms with van der Waals surface area (Å²) in [6.07, 6.45) is 2.18. The maximum Gasteiger partial charge on any atom is 0.144 e. The summed E-state index contributed by atoms with van der Waals surface area (Å²) in [7, 11) is 0. The third-order valence-electron chi connectivity index (χ3n) is 5.26. The van der Waals surface area contributed by atoms with Crippen LogP contribution in [-0.2, 0) is 0 Å². The molecule has 2 aliphatic heterocycles. The Morgan fingerprint density at radius 1 is 0.821 bits per heavy atom. The maximum absolute atomic E-state index is 3.67. The number of hydrogen-bond donors (Lipinski definition) is 4. The largest absolute Gasteiger partial charge is 0.351 e. The number of thioether (sulfide) groups is 1. The van der Waals surface area contributed by atoms with Crippen LogP contribution in [0.25, 0.3) is 0 Å². The molecule has 28 heavy (non-hydrogen) atoms. The highest BCUT2D eigenvalue weighted by molar-refractivity contribution is 8.02. The van der Waals surface area contributed by atoms with Crippen LogP contribution in [0.5, 0.6) is 0 Å². The zero-order chi connectivity index (χ0) is 19.0. The SMILES string of the molecule is C1=CN2CCNCCNCC(C(c3ccccc3)c3ccccc3)NNC2S1. The third kappa shape index (κ3) is 4.96. The zero-order valence-electron chi connectivity index (χ0n) is 16.1. The van der Waals surface area contributed by atoms with Crippen molar-refractivity contribution in [2.75, 3.05) is 32.7 Å². The van der Waals surface area contributed by atoms with Crippen molar-refractivity contribution in [3.63, 3.8) is 0 Å². The summed E-state index contributed by atoms with van der Waals surface area (Å²) in [5.41, 5.74) is 10.1.